The van der Waals surface area contributed by atoms with Crippen molar-refractivity contribution >= 4 is 17.8 Å². The average molecular weight is 305 g/mol. The molecule has 7 nitrogen and oxygen atoms in total. The van der Waals surface area contributed by atoms with Crippen LogP contribution >= 0.6 is 0 Å². The maximum Gasteiger partial charge on any atom is 0.257 e. The van der Waals surface area contributed by atoms with Crippen molar-refractivity contribution in [1.29, 1.82) is 0 Å². The summed E-state index contributed by atoms with van der Waals surface area (Å²) in [5, 5.41) is 0. The number of carbonyl (C=O) groups is 2. The molecule has 0 aromatic carbocycles. The summed E-state index contributed by atoms with van der Waals surface area (Å²) < 4.78 is 0. The second-order valence-corrected chi connectivity index (χ2v) is 5.24. The lowest BCUT2D eigenvalue weighted by molar-refractivity contribution is -0.130. The van der Waals surface area contributed by atoms with Crippen LogP contribution in [0.15, 0.2) is 12.4 Å². The highest BCUT2D eigenvalue weighted by Gasteiger charge is 2.23. The zero-order chi connectivity index (χ0) is 16.1. The highest BCUT2D eigenvalue weighted by Crippen LogP contribution is 2.10. The van der Waals surface area contributed by atoms with Crippen LogP contribution in [0.4, 0.5) is 5.95 Å². The van der Waals surface area contributed by atoms with Crippen LogP contribution in [0.1, 0.15) is 31.1 Å². The zero-order valence-electron chi connectivity index (χ0n) is 13.4. The SMILES string of the molecule is CCN(CC)c1ncc(C(=O)N2CCN(C(C)=O)CC2)cn1. The quantitative estimate of drug-likeness (QED) is 0.816. The van der Waals surface area contributed by atoms with E-state index < -0.39 is 0 Å². The maximum atomic E-state index is 12.4. The van der Waals surface area contributed by atoms with Crippen LogP contribution in [0, 0.1) is 0 Å². The van der Waals surface area contributed by atoms with Crippen LogP contribution in [0.2, 0.25) is 0 Å². The Morgan fingerprint density at radius 3 is 2.00 bits per heavy atom. The molecule has 1 aromatic rings. The van der Waals surface area contributed by atoms with Gasteiger partial charge in [-0.05, 0) is 13.8 Å². The van der Waals surface area contributed by atoms with Crippen molar-refractivity contribution in [2.45, 2.75) is 20.8 Å². The van der Waals surface area contributed by atoms with Crippen LogP contribution in [-0.4, -0.2) is 70.9 Å². The van der Waals surface area contributed by atoms with Crippen LogP contribution in [0.5, 0.6) is 0 Å². The standard InChI is InChI=1S/C15H23N5O2/c1-4-18(5-2)15-16-10-13(11-17-15)14(22)20-8-6-19(7-9-20)12(3)21/h10-11H,4-9H2,1-3H3. The molecule has 22 heavy (non-hydrogen) atoms. The Hall–Kier alpha value is -2.18. The van der Waals surface area contributed by atoms with Crippen molar-refractivity contribution in [2.75, 3.05) is 44.2 Å². The number of piperazine rings is 1. The maximum absolute atomic E-state index is 12.4. The van der Waals surface area contributed by atoms with Gasteiger partial charge in [-0.2, -0.15) is 0 Å². The summed E-state index contributed by atoms with van der Waals surface area (Å²) in [5.41, 5.74) is 0.493. The Morgan fingerprint density at radius 2 is 1.55 bits per heavy atom. The predicted molar refractivity (Wildman–Crippen MR) is 83.8 cm³/mol. The van der Waals surface area contributed by atoms with E-state index in [0.717, 1.165) is 13.1 Å². The molecule has 2 rings (SSSR count). The van der Waals surface area contributed by atoms with E-state index in [1.807, 2.05) is 18.7 Å². The van der Waals surface area contributed by atoms with E-state index >= 15 is 0 Å². The molecule has 0 radical (unpaired) electrons. The first-order valence-electron chi connectivity index (χ1n) is 7.68. The number of hydrogen-bond acceptors (Lipinski definition) is 5. The number of hydrogen-bond donors (Lipinski definition) is 0. The van der Waals surface area contributed by atoms with Gasteiger partial charge in [0.05, 0.1) is 5.56 Å². The minimum atomic E-state index is -0.0747. The second kappa shape index (κ2) is 7.20. The molecular weight excluding hydrogens is 282 g/mol. The third kappa shape index (κ3) is 3.52. The normalized spacial score (nSPS) is 14.9. The highest BCUT2D eigenvalue weighted by atomic mass is 16.2. The third-order valence-electron chi connectivity index (χ3n) is 3.94. The summed E-state index contributed by atoms with van der Waals surface area (Å²) in [6.45, 7) is 9.57. The van der Waals surface area contributed by atoms with Crippen molar-refractivity contribution in [3.05, 3.63) is 18.0 Å². The molecule has 2 amide bonds. The number of anilines is 1. The van der Waals surface area contributed by atoms with Crippen LogP contribution in [-0.2, 0) is 4.79 Å². The molecule has 120 valence electrons. The lowest BCUT2D eigenvalue weighted by Crippen LogP contribution is -2.50. The fraction of sp³-hybridized carbons (Fsp3) is 0.600. The summed E-state index contributed by atoms with van der Waals surface area (Å²) in [5.74, 6) is 0.622. The number of nitrogens with zero attached hydrogens (tertiary/aromatic N) is 5. The summed E-state index contributed by atoms with van der Waals surface area (Å²) in [4.78, 5) is 37.8. The van der Waals surface area contributed by atoms with Crippen molar-refractivity contribution < 1.29 is 9.59 Å². The van der Waals surface area contributed by atoms with Crippen LogP contribution < -0.4 is 4.90 Å². The third-order valence-corrected chi connectivity index (χ3v) is 3.94. The zero-order valence-corrected chi connectivity index (χ0v) is 13.4. The van der Waals surface area contributed by atoms with Gasteiger partial charge >= 0.3 is 0 Å². The van der Waals surface area contributed by atoms with E-state index in [2.05, 4.69) is 9.97 Å². The summed E-state index contributed by atoms with van der Waals surface area (Å²) in [7, 11) is 0. The second-order valence-electron chi connectivity index (χ2n) is 5.24. The van der Waals surface area contributed by atoms with E-state index in [-0.39, 0.29) is 11.8 Å². The van der Waals surface area contributed by atoms with E-state index in [1.165, 1.54) is 0 Å². The van der Waals surface area contributed by atoms with Crippen molar-refractivity contribution in [3.8, 4) is 0 Å². The smallest absolute Gasteiger partial charge is 0.257 e. The minimum Gasteiger partial charge on any atom is -0.341 e. The minimum absolute atomic E-state index is 0.0546. The van der Waals surface area contributed by atoms with Crippen molar-refractivity contribution in [3.63, 3.8) is 0 Å². The first kappa shape index (κ1) is 16.2. The lowest BCUT2D eigenvalue weighted by Gasteiger charge is -2.34. The molecule has 7 heteroatoms. The van der Waals surface area contributed by atoms with Gasteiger partial charge in [-0.3, -0.25) is 9.59 Å². The van der Waals surface area contributed by atoms with Gasteiger partial charge in [-0.1, -0.05) is 0 Å². The Balaban J connectivity index is 2.00. The Labute approximate surface area is 130 Å². The van der Waals surface area contributed by atoms with E-state index in [9.17, 15) is 9.59 Å². The lowest BCUT2D eigenvalue weighted by atomic mass is 10.2. The summed E-state index contributed by atoms with van der Waals surface area (Å²) in [6.07, 6.45) is 3.17. The molecule has 0 spiro atoms. The van der Waals surface area contributed by atoms with Gasteiger partial charge in [0.2, 0.25) is 11.9 Å². The average Bonchev–Trinajstić information content (AvgIpc) is 2.56. The van der Waals surface area contributed by atoms with Gasteiger partial charge in [0, 0.05) is 58.6 Å². The number of amides is 2. The van der Waals surface area contributed by atoms with Crippen molar-refractivity contribution in [1.82, 2.24) is 19.8 Å². The van der Waals surface area contributed by atoms with Crippen LogP contribution in [0.3, 0.4) is 0 Å². The van der Waals surface area contributed by atoms with E-state index in [4.69, 9.17) is 0 Å². The first-order chi connectivity index (χ1) is 10.6. The fourth-order valence-electron chi connectivity index (χ4n) is 2.51. The topological polar surface area (TPSA) is 69.6 Å². The molecule has 1 aliphatic heterocycles. The summed E-state index contributed by atoms with van der Waals surface area (Å²) in [6, 6.07) is 0. The Bertz CT molecular complexity index is 519. The predicted octanol–water partition coefficient (Wildman–Crippen LogP) is 0.627. The molecule has 2 heterocycles. The molecule has 0 bridgehead atoms. The van der Waals surface area contributed by atoms with E-state index in [0.29, 0.717) is 37.7 Å². The number of carbonyl (C=O) groups excluding carboxylic acids is 2. The number of aromatic nitrogens is 2. The van der Waals surface area contributed by atoms with Gasteiger partial charge < -0.3 is 14.7 Å². The first-order valence-corrected chi connectivity index (χ1v) is 7.68. The Kier molecular flexibility index (Phi) is 5.30. The van der Waals surface area contributed by atoms with Gasteiger partial charge in [-0.25, -0.2) is 9.97 Å². The molecule has 1 saturated heterocycles. The van der Waals surface area contributed by atoms with Gasteiger partial charge in [0.15, 0.2) is 0 Å². The van der Waals surface area contributed by atoms with Gasteiger partial charge in [-0.15, -0.1) is 0 Å². The van der Waals surface area contributed by atoms with Crippen LogP contribution in [0.25, 0.3) is 0 Å². The number of rotatable bonds is 4. The monoisotopic (exact) mass is 305 g/mol. The largest absolute Gasteiger partial charge is 0.341 e. The molecule has 0 N–H and O–H groups in total. The van der Waals surface area contributed by atoms with Gasteiger partial charge in [0.25, 0.3) is 5.91 Å². The molecule has 1 fully saturated rings. The molecule has 0 aliphatic carbocycles. The fourth-order valence-corrected chi connectivity index (χ4v) is 2.51. The van der Waals surface area contributed by atoms with Gasteiger partial charge in [0.1, 0.15) is 0 Å². The van der Waals surface area contributed by atoms with E-state index in [1.54, 1.807) is 29.1 Å². The Morgan fingerprint density at radius 1 is 1.05 bits per heavy atom. The van der Waals surface area contributed by atoms with Crippen molar-refractivity contribution in [2.24, 2.45) is 0 Å². The molecule has 1 aliphatic rings. The highest BCUT2D eigenvalue weighted by molar-refractivity contribution is 5.93. The molecule has 0 saturated carbocycles. The molecule has 0 unspecified atom stereocenters. The summed E-state index contributed by atoms with van der Waals surface area (Å²) >= 11 is 0. The molecular formula is C15H23N5O2. The molecule has 0 atom stereocenters. The molecule has 1 aromatic heterocycles.